The third-order valence-corrected chi connectivity index (χ3v) is 10.2. The number of nitrogens with zero attached hydrogens (tertiary/aromatic N) is 4. The van der Waals surface area contributed by atoms with Gasteiger partial charge in [-0.1, -0.05) is 146 Å². The third-order valence-electron chi connectivity index (χ3n) is 10.2. The molecule has 10 rings (SSSR count). The van der Waals surface area contributed by atoms with Gasteiger partial charge in [-0.25, -0.2) is 15.0 Å². The Morgan fingerprint density at radius 3 is 1.67 bits per heavy atom. The van der Waals surface area contributed by atoms with Crippen LogP contribution < -0.4 is 0 Å². The molecule has 55 heavy (non-hydrogen) atoms. The minimum Gasteiger partial charge on any atom is -0.456 e. The Kier molecular flexibility index (Phi) is 7.79. The fraction of sp³-hybridized carbons (Fsp3) is 0. The Morgan fingerprint density at radius 1 is 0.382 bits per heavy atom. The van der Waals surface area contributed by atoms with Crippen molar-refractivity contribution < 1.29 is 4.42 Å². The van der Waals surface area contributed by atoms with Crippen molar-refractivity contribution in [1.29, 1.82) is 5.26 Å². The molecule has 256 valence electrons. The van der Waals surface area contributed by atoms with Crippen molar-refractivity contribution in [2.45, 2.75) is 0 Å². The van der Waals surface area contributed by atoms with Gasteiger partial charge in [0.05, 0.1) is 11.6 Å². The summed E-state index contributed by atoms with van der Waals surface area (Å²) in [5, 5.41) is 13.9. The maximum absolute atomic E-state index is 9.42. The third kappa shape index (κ3) is 5.98. The number of nitriles is 1. The molecule has 0 atom stereocenters. The summed E-state index contributed by atoms with van der Waals surface area (Å²) in [6.07, 6.45) is 0. The lowest BCUT2D eigenvalue weighted by molar-refractivity contribution is 0.669. The van der Waals surface area contributed by atoms with Gasteiger partial charge in [0.15, 0.2) is 17.5 Å². The Labute approximate surface area is 317 Å². The molecule has 5 nitrogen and oxygen atoms in total. The van der Waals surface area contributed by atoms with Gasteiger partial charge < -0.3 is 4.42 Å². The van der Waals surface area contributed by atoms with Crippen LogP contribution in [-0.2, 0) is 0 Å². The van der Waals surface area contributed by atoms with Gasteiger partial charge in [-0.15, -0.1) is 0 Å². The zero-order valence-corrected chi connectivity index (χ0v) is 29.5. The highest BCUT2D eigenvalue weighted by Gasteiger charge is 2.17. The van der Waals surface area contributed by atoms with Gasteiger partial charge in [0.25, 0.3) is 0 Å². The molecule has 0 bridgehead atoms. The van der Waals surface area contributed by atoms with Gasteiger partial charge in [-0.3, -0.25) is 0 Å². The molecule has 0 spiro atoms. The monoisotopic (exact) mass is 702 g/mol. The summed E-state index contributed by atoms with van der Waals surface area (Å²) >= 11 is 0. The first-order chi connectivity index (χ1) is 27.2. The number of aromatic nitrogens is 3. The highest BCUT2D eigenvalue weighted by molar-refractivity contribution is 6.13. The predicted octanol–water partition coefficient (Wildman–Crippen LogP) is 12.8. The minimum atomic E-state index is 0.551. The molecule has 0 radical (unpaired) electrons. The Morgan fingerprint density at radius 2 is 0.945 bits per heavy atom. The van der Waals surface area contributed by atoms with Crippen molar-refractivity contribution in [3.05, 3.63) is 188 Å². The molecule has 0 aliphatic carbocycles. The summed E-state index contributed by atoms with van der Waals surface area (Å²) in [4.78, 5) is 15.1. The molecule has 0 fully saturated rings. The first-order valence-electron chi connectivity index (χ1n) is 18.1. The number of hydrogen-bond donors (Lipinski definition) is 0. The lowest BCUT2D eigenvalue weighted by Crippen LogP contribution is -2.00. The van der Waals surface area contributed by atoms with Gasteiger partial charge >= 0.3 is 0 Å². The van der Waals surface area contributed by atoms with Crippen molar-refractivity contribution in [2.75, 3.05) is 0 Å². The topological polar surface area (TPSA) is 75.6 Å². The van der Waals surface area contributed by atoms with Gasteiger partial charge in [-0.2, -0.15) is 5.26 Å². The molecule has 0 saturated carbocycles. The molecule has 5 heteroatoms. The van der Waals surface area contributed by atoms with Gasteiger partial charge in [0.1, 0.15) is 11.2 Å². The average Bonchev–Trinajstić information content (AvgIpc) is 3.65. The van der Waals surface area contributed by atoms with E-state index in [2.05, 4.69) is 109 Å². The van der Waals surface area contributed by atoms with E-state index in [0.717, 1.165) is 72.0 Å². The van der Waals surface area contributed by atoms with E-state index in [-0.39, 0.29) is 0 Å². The zero-order chi connectivity index (χ0) is 36.7. The molecular weight excluding hydrogens is 673 g/mol. The molecule has 0 aliphatic heterocycles. The van der Waals surface area contributed by atoms with E-state index >= 15 is 0 Å². The van der Waals surface area contributed by atoms with Crippen LogP contribution in [0.25, 0.3) is 100 Å². The maximum atomic E-state index is 9.42. The van der Waals surface area contributed by atoms with Crippen molar-refractivity contribution in [1.82, 2.24) is 15.0 Å². The van der Waals surface area contributed by atoms with E-state index in [1.807, 2.05) is 78.9 Å². The SMILES string of the molecule is N#Cc1cccc(-c2ccc(-c3nc(-c4ccc(-c5ccccc5)cc4)nc(-c4ccc5c(c4)oc4cccc(-c6ccc7ccccc7c6)c45)n3)cc2)c1. The molecule has 2 heterocycles. The van der Waals surface area contributed by atoms with Crippen molar-refractivity contribution in [3.63, 3.8) is 0 Å². The zero-order valence-electron chi connectivity index (χ0n) is 29.5. The lowest BCUT2D eigenvalue weighted by Gasteiger charge is -2.10. The second-order valence-electron chi connectivity index (χ2n) is 13.6. The van der Waals surface area contributed by atoms with E-state index in [9.17, 15) is 5.26 Å². The fourth-order valence-electron chi connectivity index (χ4n) is 7.35. The molecule has 0 amide bonds. The number of fused-ring (bicyclic) bond motifs is 4. The maximum Gasteiger partial charge on any atom is 0.164 e. The van der Waals surface area contributed by atoms with Gasteiger partial charge in [0.2, 0.25) is 0 Å². The summed E-state index contributed by atoms with van der Waals surface area (Å²) in [5.41, 5.74) is 11.3. The second kappa shape index (κ2) is 13.4. The highest BCUT2D eigenvalue weighted by atomic mass is 16.3. The number of rotatable bonds is 6. The van der Waals surface area contributed by atoms with Crippen LogP contribution in [0.15, 0.2) is 186 Å². The minimum absolute atomic E-state index is 0.551. The largest absolute Gasteiger partial charge is 0.456 e. The highest BCUT2D eigenvalue weighted by Crippen LogP contribution is 2.39. The van der Waals surface area contributed by atoms with Crippen LogP contribution in [0.1, 0.15) is 5.56 Å². The molecule has 2 aromatic heterocycles. The normalized spacial score (nSPS) is 11.3. The van der Waals surface area contributed by atoms with Crippen molar-refractivity contribution in [3.8, 4) is 73.6 Å². The standard InChI is InChI=1S/C50H30N4O/c51-31-32-8-6-13-39(28-32)36-18-23-38(24-19-36)49-52-48(37-21-16-35(17-22-37)33-9-2-1-3-10-33)53-50(54-49)42-26-27-44-46(30-42)55-45-15-7-14-43(47(44)45)41-25-20-34-11-4-5-12-40(34)29-41/h1-30H. The van der Waals surface area contributed by atoms with E-state index in [1.54, 1.807) is 0 Å². The lowest BCUT2D eigenvalue weighted by atomic mass is 9.97. The van der Waals surface area contributed by atoms with Gasteiger partial charge in [-0.05, 0) is 80.6 Å². The van der Waals surface area contributed by atoms with Crippen molar-refractivity contribution >= 4 is 32.7 Å². The Hall–Kier alpha value is -7.68. The van der Waals surface area contributed by atoms with Gasteiger partial charge in [0, 0.05) is 27.5 Å². The van der Waals surface area contributed by atoms with Crippen LogP contribution in [0.4, 0.5) is 0 Å². The second-order valence-corrected chi connectivity index (χ2v) is 13.6. The summed E-state index contributed by atoms with van der Waals surface area (Å²) in [6, 6.07) is 64.1. The van der Waals surface area contributed by atoms with Crippen LogP contribution in [0.2, 0.25) is 0 Å². The molecule has 10 aromatic rings. The van der Waals surface area contributed by atoms with E-state index in [1.165, 1.54) is 10.8 Å². The van der Waals surface area contributed by atoms with Crippen LogP contribution >= 0.6 is 0 Å². The molecule has 0 unspecified atom stereocenters. The van der Waals surface area contributed by atoms with Crippen LogP contribution in [-0.4, -0.2) is 15.0 Å². The van der Waals surface area contributed by atoms with Crippen LogP contribution in [0.3, 0.4) is 0 Å². The molecular formula is C50H30N4O. The quantitative estimate of drug-likeness (QED) is 0.172. The first-order valence-corrected chi connectivity index (χ1v) is 18.1. The Bertz CT molecular complexity index is 3090. The number of furan rings is 1. The molecule has 0 aliphatic rings. The van der Waals surface area contributed by atoms with E-state index in [0.29, 0.717) is 23.0 Å². The molecule has 8 aromatic carbocycles. The number of hydrogen-bond acceptors (Lipinski definition) is 5. The fourth-order valence-corrected chi connectivity index (χ4v) is 7.35. The van der Waals surface area contributed by atoms with Crippen molar-refractivity contribution in [2.24, 2.45) is 0 Å². The summed E-state index contributed by atoms with van der Waals surface area (Å²) < 4.78 is 6.53. The van der Waals surface area contributed by atoms with Crippen LogP contribution in [0, 0.1) is 11.3 Å². The first kappa shape index (κ1) is 32.0. The van der Waals surface area contributed by atoms with E-state index in [4.69, 9.17) is 19.4 Å². The number of benzene rings is 8. The molecule has 0 saturated heterocycles. The predicted molar refractivity (Wildman–Crippen MR) is 222 cm³/mol. The summed E-state index contributed by atoms with van der Waals surface area (Å²) in [5.74, 6) is 1.69. The van der Waals surface area contributed by atoms with E-state index < -0.39 is 0 Å². The molecule has 0 N–H and O–H groups in total. The summed E-state index contributed by atoms with van der Waals surface area (Å²) in [6.45, 7) is 0. The Balaban J connectivity index is 1.08. The van der Waals surface area contributed by atoms with Crippen LogP contribution in [0.5, 0.6) is 0 Å². The average molecular weight is 703 g/mol. The summed E-state index contributed by atoms with van der Waals surface area (Å²) in [7, 11) is 0. The smallest absolute Gasteiger partial charge is 0.164 e.